The van der Waals surface area contributed by atoms with Crippen molar-refractivity contribution in [2.75, 3.05) is 33.7 Å². The van der Waals surface area contributed by atoms with E-state index in [1.54, 1.807) is 12.1 Å². The molecule has 2 aromatic carbocycles. The molecule has 8 heteroatoms. The number of fused-ring (bicyclic) bond motifs is 4. The van der Waals surface area contributed by atoms with Crippen molar-refractivity contribution < 1.29 is 17.9 Å². The lowest BCUT2D eigenvalue weighted by Crippen LogP contribution is -2.38. The zero-order valence-corrected chi connectivity index (χ0v) is 22.8. The highest BCUT2D eigenvalue weighted by Crippen LogP contribution is 2.46. The third-order valence-electron chi connectivity index (χ3n) is 7.84. The molecular formula is C28H35N3O4S. The zero-order valence-electron chi connectivity index (χ0n) is 21.9. The Kier molecular flexibility index (Phi) is 6.05. The zero-order chi connectivity index (χ0) is 26.0. The van der Waals surface area contributed by atoms with E-state index in [4.69, 9.17) is 4.74 Å². The molecule has 1 aliphatic carbocycles. The molecular weight excluding hydrogens is 474 g/mol. The number of carbonyl (C=O) groups excluding carboxylic acids is 1. The molecule has 0 saturated carbocycles. The Hall–Kier alpha value is -2.68. The monoisotopic (exact) mass is 509 g/mol. The van der Waals surface area contributed by atoms with Crippen LogP contribution >= 0.6 is 0 Å². The van der Waals surface area contributed by atoms with E-state index >= 15 is 0 Å². The van der Waals surface area contributed by atoms with Gasteiger partial charge in [0.1, 0.15) is 16.7 Å². The molecule has 0 bridgehead atoms. The number of piperidine rings is 1. The summed E-state index contributed by atoms with van der Waals surface area (Å²) in [5, 5.41) is 0.861. The maximum absolute atomic E-state index is 13.9. The Labute approximate surface area is 213 Å². The fourth-order valence-electron chi connectivity index (χ4n) is 5.56. The Morgan fingerprint density at radius 1 is 1.14 bits per heavy atom. The quantitative estimate of drug-likeness (QED) is 0.549. The van der Waals surface area contributed by atoms with Crippen LogP contribution < -0.4 is 4.74 Å². The molecule has 1 aliphatic heterocycles. The van der Waals surface area contributed by atoms with Gasteiger partial charge in [0, 0.05) is 54.8 Å². The molecule has 2 aliphatic rings. The molecule has 1 fully saturated rings. The number of ether oxygens (including phenoxy) is 1. The van der Waals surface area contributed by atoms with E-state index < -0.39 is 15.4 Å². The lowest BCUT2D eigenvalue weighted by Gasteiger charge is -2.35. The minimum absolute atomic E-state index is 0.0486. The number of likely N-dealkylation sites (tertiary alicyclic amines) is 1. The summed E-state index contributed by atoms with van der Waals surface area (Å²) in [6, 6.07) is 9.35. The Bertz CT molecular complexity index is 1460. The summed E-state index contributed by atoms with van der Waals surface area (Å²) in [4.78, 5) is 19.8. The van der Waals surface area contributed by atoms with Gasteiger partial charge in [-0.3, -0.25) is 4.79 Å². The normalized spacial score (nSPS) is 18.5. The summed E-state index contributed by atoms with van der Waals surface area (Å²) in [7, 11) is -0.834. The third-order valence-corrected chi connectivity index (χ3v) is 9.68. The second-order valence-electron chi connectivity index (χ2n) is 10.8. The number of sulfonamides is 1. The van der Waals surface area contributed by atoms with Crippen LogP contribution in [0.1, 0.15) is 66.4 Å². The Morgan fingerprint density at radius 2 is 1.83 bits per heavy atom. The maximum Gasteiger partial charge on any atom is 0.246 e. The fraction of sp³-hybridized carbons (Fsp3) is 0.464. The van der Waals surface area contributed by atoms with E-state index in [1.165, 1.54) is 18.4 Å². The SMILES string of the molecule is CCN1CCC(Oc2cc3c(cc2S(=O)(=O)N(C)C)C(=O)c2c([nH]c4cc(C)ccc24)C3(C)C)CC1. The van der Waals surface area contributed by atoms with Crippen LogP contribution in [0.4, 0.5) is 0 Å². The molecule has 0 unspecified atom stereocenters. The molecule has 1 N–H and O–H groups in total. The van der Waals surface area contributed by atoms with Gasteiger partial charge in [-0.05, 0) is 55.6 Å². The molecule has 3 aromatic rings. The number of hydrogen-bond acceptors (Lipinski definition) is 5. The average Bonchev–Trinajstić information content (AvgIpc) is 3.22. The topological polar surface area (TPSA) is 82.7 Å². The number of aromatic nitrogens is 1. The highest BCUT2D eigenvalue weighted by atomic mass is 32.2. The number of nitrogens with one attached hydrogen (secondary N) is 1. The lowest BCUT2D eigenvalue weighted by molar-refractivity contribution is 0.100. The molecule has 0 radical (unpaired) electrons. The number of aromatic amines is 1. The van der Waals surface area contributed by atoms with E-state index in [-0.39, 0.29) is 16.8 Å². The second-order valence-corrected chi connectivity index (χ2v) is 12.9. The van der Waals surface area contributed by atoms with Gasteiger partial charge in [-0.2, -0.15) is 0 Å². The van der Waals surface area contributed by atoms with Crippen LogP contribution in [0, 0.1) is 6.92 Å². The van der Waals surface area contributed by atoms with Crippen LogP contribution in [-0.2, 0) is 15.4 Å². The van der Waals surface area contributed by atoms with Gasteiger partial charge >= 0.3 is 0 Å². The molecule has 5 rings (SSSR count). The maximum atomic E-state index is 13.9. The smallest absolute Gasteiger partial charge is 0.246 e. The first kappa shape index (κ1) is 25.0. The van der Waals surface area contributed by atoms with E-state index in [2.05, 4.69) is 30.7 Å². The van der Waals surface area contributed by atoms with Gasteiger partial charge in [-0.1, -0.05) is 32.9 Å². The van der Waals surface area contributed by atoms with E-state index in [0.29, 0.717) is 16.9 Å². The van der Waals surface area contributed by atoms with E-state index in [1.807, 2.05) is 25.1 Å². The van der Waals surface area contributed by atoms with Gasteiger partial charge in [-0.25, -0.2) is 12.7 Å². The van der Waals surface area contributed by atoms with Crippen molar-refractivity contribution in [2.24, 2.45) is 0 Å². The summed E-state index contributed by atoms with van der Waals surface area (Å²) in [5.74, 6) is 0.168. The van der Waals surface area contributed by atoms with Gasteiger partial charge in [0.05, 0.1) is 5.56 Å². The summed E-state index contributed by atoms with van der Waals surface area (Å²) in [6.45, 7) is 11.1. The predicted octanol–water partition coefficient (Wildman–Crippen LogP) is 4.46. The number of rotatable bonds is 5. The number of carbonyl (C=O) groups is 1. The molecule has 36 heavy (non-hydrogen) atoms. The Morgan fingerprint density at radius 3 is 2.47 bits per heavy atom. The number of nitrogens with zero attached hydrogens (tertiary/aromatic N) is 2. The average molecular weight is 510 g/mol. The van der Waals surface area contributed by atoms with Crippen molar-refractivity contribution >= 4 is 26.7 Å². The first-order valence-electron chi connectivity index (χ1n) is 12.6. The number of hydrogen-bond donors (Lipinski definition) is 1. The van der Waals surface area contributed by atoms with Gasteiger partial charge in [0.2, 0.25) is 10.0 Å². The standard InChI is InChI=1S/C28H35N3O4S/c1-7-31-12-10-18(11-13-31)35-23-16-21-20(15-24(23)36(33,34)30(5)6)26(32)25-19-9-8-17(2)14-22(19)29-27(25)28(21,3)4/h8-9,14-16,18,29H,7,10-13H2,1-6H3. The molecule has 0 spiro atoms. The van der Waals surface area contributed by atoms with Crippen LogP contribution in [0.2, 0.25) is 0 Å². The van der Waals surface area contributed by atoms with Crippen LogP contribution in [0.25, 0.3) is 10.9 Å². The van der Waals surface area contributed by atoms with Gasteiger partial charge in [0.25, 0.3) is 0 Å². The van der Waals surface area contributed by atoms with Crippen molar-refractivity contribution in [3.63, 3.8) is 0 Å². The highest BCUT2D eigenvalue weighted by Gasteiger charge is 2.42. The van der Waals surface area contributed by atoms with Crippen LogP contribution in [0.3, 0.4) is 0 Å². The summed E-state index contributed by atoms with van der Waals surface area (Å²) in [6.07, 6.45) is 1.59. The number of aryl methyl sites for hydroxylation is 1. The molecule has 7 nitrogen and oxygen atoms in total. The highest BCUT2D eigenvalue weighted by molar-refractivity contribution is 7.89. The van der Waals surface area contributed by atoms with Gasteiger partial charge in [0.15, 0.2) is 5.78 Å². The minimum atomic E-state index is -3.84. The van der Waals surface area contributed by atoms with Crippen LogP contribution in [0.15, 0.2) is 35.2 Å². The van der Waals surface area contributed by atoms with Gasteiger partial charge in [-0.15, -0.1) is 0 Å². The molecule has 2 heterocycles. The van der Waals surface area contributed by atoms with E-state index in [0.717, 1.165) is 60.2 Å². The van der Waals surface area contributed by atoms with Crippen LogP contribution in [0.5, 0.6) is 5.75 Å². The third kappa shape index (κ3) is 3.86. The first-order chi connectivity index (χ1) is 16.9. The van der Waals surface area contributed by atoms with Crippen LogP contribution in [-0.4, -0.2) is 68.2 Å². The summed E-state index contributed by atoms with van der Waals surface area (Å²) >= 11 is 0. The van der Waals surface area contributed by atoms with Crippen molar-refractivity contribution in [2.45, 2.75) is 57.0 Å². The molecule has 1 saturated heterocycles. The van der Waals surface area contributed by atoms with E-state index in [9.17, 15) is 13.2 Å². The van der Waals surface area contributed by atoms with Crippen molar-refractivity contribution in [1.29, 1.82) is 0 Å². The Balaban J connectivity index is 1.67. The number of ketones is 1. The minimum Gasteiger partial charge on any atom is -0.489 e. The summed E-state index contributed by atoms with van der Waals surface area (Å²) in [5.41, 5.74) is 4.14. The van der Waals surface area contributed by atoms with Crippen molar-refractivity contribution in [1.82, 2.24) is 14.2 Å². The van der Waals surface area contributed by atoms with Crippen molar-refractivity contribution in [3.8, 4) is 5.75 Å². The molecule has 0 atom stereocenters. The largest absolute Gasteiger partial charge is 0.489 e. The first-order valence-corrected chi connectivity index (χ1v) is 14.1. The second kappa shape index (κ2) is 8.71. The molecule has 192 valence electrons. The summed E-state index contributed by atoms with van der Waals surface area (Å²) < 4.78 is 34.4. The molecule has 0 amide bonds. The molecule has 1 aromatic heterocycles. The van der Waals surface area contributed by atoms with Gasteiger partial charge < -0.3 is 14.6 Å². The predicted molar refractivity (Wildman–Crippen MR) is 142 cm³/mol. The van der Waals surface area contributed by atoms with Crippen molar-refractivity contribution in [3.05, 3.63) is 58.3 Å². The number of benzene rings is 2. The lowest BCUT2D eigenvalue weighted by atomic mass is 9.71. The fourth-order valence-corrected chi connectivity index (χ4v) is 6.58. The number of H-pyrrole nitrogens is 1.